The maximum Gasteiger partial charge on any atom is 0.176 e. The van der Waals surface area contributed by atoms with Crippen LogP contribution in [0, 0.1) is 0 Å². The molecule has 1 unspecified atom stereocenters. The molecule has 0 radical (unpaired) electrons. The summed E-state index contributed by atoms with van der Waals surface area (Å²) in [5.74, 6) is 0. The highest BCUT2D eigenvalue weighted by molar-refractivity contribution is 7.80. The highest BCUT2D eigenvalue weighted by Gasteiger charge is 2.10. The van der Waals surface area contributed by atoms with Crippen molar-refractivity contribution in [2.75, 3.05) is 6.61 Å². The van der Waals surface area contributed by atoms with Gasteiger partial charge in [0.2, 0.25) is 0 Å². The van der Waals surface area contributed by atoms with Crippen LogP contribution in [-0.2, 0) is 11.2 Å². The highest BCUT2D eigenvalue weighted by Crippen LogP contribution is 2.03. The monoisotopic (exact) mass is 209 g/mol. The Balaban J connectivity index is 2.49. The van der Waals surface area contributed by atoms with Gasteiger partial charge in [-0.05, 0) is 31.1 Å². The summed E-state index contributed by atoms with van der Waals surface area (Å²) in [5.41, 5.74) is 7.05. The Morgan fingerprint density at radius 3 is 2.64 bits per heavy atom. The third kappa shape index (κ3) is 3.44. The van der Waals surface area contributed by atoms with Crippen molar-refractivity contribution in [3.63, 3.8) is 0 Å². The lowest BCUT2D eigenvalue weighted by atomic mass is 10.1. The van der Waals surface area contributed by atoms with E-state index in [1.165, 1.54) is 5.56 Å². The van der Waals surface area contributed by atoms with E-state index in [0.717, 1.165) is 6.42 Å². The van der Waals surface area contributed by atoms with Gasteiger partial charge in [-0.3, -0.25) is 0 Å². The number of rotatable bonds is 4. The fourth-order valence-corrected chi connectivity index (χ4v) is 1.40. The van der Waals surface area contributed by atoms with Gasteiger partial charge in [-0.2, -0.15) is 0 Å². The van der Waals surface area contributed by atoms with E-state index in [4.69, 9.17) is 22.7 Å². The Morgan fingerprint density at radius 1 is 1.43 bits per heavy atom. The molecule has 1 atom stereocenters. The second-order valence-electron chi connectivity index (χ2n) is 3.05. The molecule has 0 aliphatic rings. The topological polar surface area (TPSA) is 35.2 Å². The smallest absolute Gasteiger partial charge is 0.176 e. The molecule has 1 aromatic rings. The first kappa shape index (κ1) is 11.1. The van der Waals surface area contributed by atoms with E-state index in [9.17, 15) is 0 Å². The quantitative estimate of drug-likeness (QED) is 0.769. The van der Waals surface area contributed by atoms with Gasteiger partial charge in [-0.15, -0.1) is 0 Å². The van der Waals surface area contributed by atoms with Gasteiger partial charge in [0.15, 0.2) is 5.05 Å². The Labute approximate surface area is 90.1 Å². The number of thiocarbonyl (C=S) groups is 1. The number of ether oxygens (including phenoxy) is 1. The molecule has 0 aliphatic heterocycles. The van der Waals surface area contributed by atoms with E-state index in [1.807, 2.05) is 37.3 Å². The zero-order valence-electron chi connectivity index (χ0n) is 8.27. The minimum absolute atomic E-state index is 0.188. The molecule has 0 aromatic heterocycles. The molecule has 0 aliphatic carbocycles. The van der Waals surface area contributed by atoms with Crippen LogP contribution in [0.1, 0.15) is 12.5 Å². The van der Waals surface area contributed by atoms with E-state index in [2.05, 4.69) is 0 Å². The normalized spacial score (nSPS) is 12.1. The highest BCUT2D eigenvalue weighted by atomic mass is 32.1. The van der Waals surface area contributed by atoms with Crippen molar-refractivity contribution < 1.29 is 4.74 Å². The van der Waals surface area contributed by atoms with Crippen LogP contribution >= 0.6 is 12.2 Å². The first-order valence-corrected chi connectivity index (χ1v) is 5.11. The fraction of sp³-hybridized carbons (Fsp3) is 0.364. The molecule has 1 rings (SSSR count). The van der Waals surface area contributed by atoms with Crippen molar-refractivity contribution in [1.29, 1.82) is 0 Å². The maximum absolute atomic E-state index is 5.87. The summed E-state index contributed by atoms with van der Waals surface area (Å²) in [5, 5.41) is 0.497. The summed E-state index contributed by atoms with van der Waals surface area (Å²) in [7, 11) is 0. The minimum atomic E-state index is -0.188. The molecule has 0 heterocycles. The number of hydrogen-bond donors (Lipinski definition) is 1. The van der Waals surface area contributed by atoms with Crippen LogP contribution in [0.3, 0.4) is 0 Å². The van der Waals surface area contributed by atoms with Crippen molar-refractivity contribution in [1.82, 2.24) is 0 Å². The van der Waals surface area contributed by atoms with Crippen LogP contribution in [0.25, 0.3) is 0 Å². The Hall–Kier alpha value is -0.930. The van der Waals surface area contributed by atoms with Gasteiger partial charge in [-0.1, -0.05) is 30.3 Å². The SMILES string of the molecule is CCOC(=S)C(N)Cc1ccccc1. The fourth-order valence-electron chi connectivity index (χ4n) is 1.20. The van der Waals surface area contributed by atoms with Crippen LogP contribution in [0.4, 0.5) is 0 Å². The Bertz CT molecular complexity index is 287. The maximum atomic E-state index is 5.87. The largest absolute Gasteiger partial charge is 0.486 e. The van der Waals surface area contributed by atoms with Gasteiger partial charge < -0.3 is 10.5 Å². The van der Waals surface area contributed by atoms with Gasteiger partial charge in [0.25, 0.3) is 0 Å². The second-order valence-corrected chi connectivity index (χ2v) is 3.45. The minimum Gasteiger partial charge on any atom is -0.486 e. The zero-order chi connectivity index (χ0) is 10.4. The van der Waals surface area contributed by atoms with E-state index in [0.29, 0.717) is 11.7 Å². The van der Waals surface area contributed by atoms with E-state index < -0.39 is 0 Å². The van der Waals surface area contributed by atoms with Crippen LogP contribution in [0.2, 0.25) is 0 Å². The molecule has 0 saturated heterocycles. The van der Waals surface area contributed by atoms with Crippen molar-refractivity contribution in [2.45, 2.75) is 19.4 Å². The van der Waals surface area contributed by atoms with Gasteiger partial charge in [0, 0.05) is 0 Å². The Kier molecular flexibility index (Phi) is 4.56. The summed E-state index contributed by atoms with van der Waals surface area (Å²) in [4.78, 5) is 0. The van der Waals surface area contributed by atoms with Crippen LogP contribution in [0.5, 0.6) is 0 Å². The molecule has 0 fully saturated rings. The van der Waals surface area contributed by atoms with Gasteiger partial charge >= 0.3 is 0 Å². The molecular formula is C11H15NOS. The van der Waals surface area contributed by atoms with E-state index >= 15 is 0 Å². The summed E-state index contributed by atoms with van der Waals surface area (Å²) in [6.07, 6.45) is 0.736. The van der Waals surface area contributed by atoms with E-state index in [1.54, 1.807) is 0 Å². The summed E-state index contributed by atoms with van der Waals surface area (Å²) < 4.78 is 5.18. The predicted octanol–water partition coefficient (Wildman–Crippen LogP) is 1.92. The molecule has 0 bridgehead atoms. The van der Waals surface area contributed by atoms with Crippen molar-refractivity contribution in [3.8, 4) is 0 Å². The molecule has 1 aromatic carbocycles. The molecule has 3 heteroatoms. The third-order valence-electron chi connectivity index (χ3n) is 1.89. The van der Waals surface area contributed by atoms with Gasteiger partial charge in [0.05, 0.1) is 12.6 Å². The second kappa shape index (κ2) is 5.73. The Morgan fingerprint density at radius 2 is 2.07 bits per heavy atom. The number of hydrogen-bond acceptors (Lipinski definition) is 3. The molecule has 0 saturated carbocycles. The van der Waals surface area contributed by atoms with Crippen LogP contribution in [-0.4, -0.2) is 17.7 Å². The lowest BCUT2D eigenvalue weighted by Crippen LogP contribution is -2.33. The predicted molar refractivity (Wildman–Crippen MR) is 62.3 cm³/mol. The lowest BCUT2D eigenvalue weighted by molar-refractivity contribution is 0.321. The van der Waals surface area contributed by atoms with Crippen LogP contribution in [0.15, 0.2) is 30.3 Å². The van der Waals surface area contributed by atoms with Crippen molar-refractivity contribution >= 4 is 17.3 Å². The molecule has 2 nitrogen and oxygen atoms in total. The summed E-state index contributed by atoms with van der Waals surface area (Å²) in [6.45, 7) is 2.49. The first-order valence-electron chi connectivity index (χ1n) is 4.70. The summed E-state index contributed by atoms with van der Waals surface area (Å²) in [6, 6.07) is 9.85. The molecule has 14 heavy (non-hydrogen) atoms. The zero-order valence-corrected chi connectivity index (χ0v) is 9.09. The summed E-state index contributed by atoms with van der Waals surface area (Å²) >= 11 is 5.03. The molecule has 2 N–H and O–H groups in total. The molecule has 76 valence electrons. The van der Waals surface area contributed by atoms with Crippen molar-refractivity contribution in [3.05, 3.63) is 35.9 Å². The lowest BCUT2D eigenvalue weighted by Gasteiger charge is -2.12. The molecule has 0 amide bonds. The van der Waals surface area contributed by atoms with Gasteiger partial charge in [0.1, 0.15) is 0 Å². The molecule has 0 spiro atoms. The van der Waals surface area contributed by atoms with Crippen molar-refractivity contribution in [2.24, 2.45) is 5.73 Å². The standard InChI is InChI=1S/C11H15NOS/c1-2-13-11(14)10(12)8-9-6-4-3-5-7-9/h3-7,10H,2,8,12H2,1H3. The first-order chi connectivity index (χ1) is 6.74. The van der Waals surface area contributed by atoms with E-state index in [-0.39, 0.29) is 6.04 Å². The van der Waals surface area contributed by atoms with Gasteiger partial charge in [-0.25, -0.2) is 0 Å². The average molecular weight is 209 g/mol. The number of nitrogens with two attached hydrogens (primary N) is 1. The third-order valence-corrected chi connectivity index (χ3v) is 2.31. The molecular weight excluding hydrogens is 194 g/mol. The average Bonchev–Trinajstić information content (AvgIpc) is 2.19. The number of benzene rings is 1. The van der Waals surface area contributed by atoms with Crippen LogP contribution < -0.4 is 5.73 Å².